The molecule has 17 heavy (non-hydrogen) atoms. The van der Waals surface area contributed by atoms with E-state index in [1.807, 2.05) is 0 Å². The van der Waals surface area contributed by atoms with Gasteiger partial charge in [-0.15, -0.1) is 0 Å². The van der Waals surface area contributed by atoms with Crippen molar-refractivity contribution in [2.24, 2.45) is 5.92 Å². The Kier molecular flexibility index (Phi) is 4.43. The quantitative estimate of drug-likeness (QED) is 0.873. The maximum absolute atomic E-state index is 13.0. The van der Waals surface area contributed by atoms with E-state index in [1.165, 1.54) is 4.90 Å². The van der Waals surface area contributed by atoms with E-state index in [1.54, 1.807) is 7.05 Å². The Morgan fingerprint density at radius 2 is 2.24 bits per heavy atom. The second-order valence-corrected chi connectivity index (χ2v) is 4.50. The molecular weight excluding hydrogens is 221 g/mol. The van der Waals surface area contributed by atoms with Crippen molar-refractivity contribution in [3.63, 3.8) is 0 Å². The highest BCUT2D eigenvalue weighted by Gasteiger charge is 2.16. The molecule has 0 aliphatic carbocycles. The van der Waals surface area contributed by atoms with Crippen LogP contribution in [-0.4, -0.2) is 29.4 Å². The largest absolute Gasteiger partial charge is 0.383 e. The first-order chi connectivity index (χ1) is 7.91. The molecule has 0 atom stereocenters. The Bertz CT molecular complexity index is 407. The van der Waals surface area contributed by atoms with Crippen LogP contribution >= 0.6 is 0 Å². The fraction of sp³-hybridized carbons (Fsp3) is 0.500. The van der Waals surface area contributed by atoms with Gasteiger partial charge in [0.2, 0.25) is 0 Å². The normalized spacial score (nSPS) is 10.6. The number of carbonyl (C=O) groups excluding carboxylic acids is 1. The number of nitrogen functional groups attached to an aromatic ring is 1. The summed E-state index contributed by atoms with van der Waals surface area (Å²) < 4.78 is 13.0. The number of pyridine rings is 1. The second-order valence-electron chi connectivity index (χ2n) is 4.50. The maximum Gasteiger partial charge on any atom is 0.257 e. The van der Waals surface area contributed by atoms with Crippen LogP contribution in [0.4, 0.5) is 10.2 Å². The third-order valence-corrected chi connectivity index (χ3v) is 2.50. The molecule has 1 rings (SSSR count). The van der Waals surface area contributed by atoms with Gasteiger partial charge in [0.25, 0.3) is 5.91 Å². The van der Waals surface area contributed by atoms with Crippen LogP contribution in [0.5, 0.6) is 0 Å². The van der Waals surface area contributed by atoms with Gasteiger partial charge in [-0.2, -0.15) is 0 Å². The minimum Gasteiger partial charge on any atom is -0.383 e. The molecule has 0 aromatic carbocycles. The zero-order chi connectivity index (χ0) is 13.0. The van der Waals surface area contributed by atoms with E-state index in [0.717, 1.165) is 18.7 Å². The van der Waals surface area contributed by atoms with E-state index < -0.39 is 5.82 Å². The number of aromatic nitrogens is 1. The standard InChI is InChI=1S/C12H18FN3O/c1-8(2)4-5-16(3)12(17)10-6-9(13)7-15-11(10)14/h6-8H,4-5H2,1-3H3,(H2,14,15). The van der Waals surface area contributed by atoms with Gasteiger partial charge in [-0.05, 0) is 18.4 Å². The molecule has 4 nitrogen and oxygen atoms in total. The van der Waals surface area contributed by atoms with Crippen molar-refractivity contribution < 1.29 is 9.18 Å². The first kappa shape index (κ1) is 13.4. The van der Waals surface area contributed by atoms with Crippen molar-refractivity contribution >= 4 is 11.7 Å². The number of nitrogens with two attached hydrogens (primary N) is 1. The molecule has 1 aromatic heterocycles. The fourth-order valence-electron chi connectivity index (χ4n) is 1.38. The van der Waals surface area contributed by atoms with Gasteiger partial charge in [0.1, 0.15) is 11.6 Å². The van der Waals surface area contributed by atoms with Crippen molar-refractivity contribution in [1.29, 1.82) is 0 Å². The average Bonchev–Trinajstić information content (AvgIpc) is 2.28. The summed E-state index contributed by atoms with van der Waals surface area (Å²) in [6.07, 6.45) is 1.89. The molecule has 0 bridgehead atoms. The van der Waals surface area contributed by atoms with Crippen LogP contribution in [0.2, 0.25) is 0 Å². The predicted octanol–water partition coefficient (Wildman–Crippen LogP) is 1.92. The Balaban J connectivity index is 2.78. The van der Waals surface area contributed by atoms with Gasteiger partial charge >= 0.3 is 0 Å². The number of rotatable bonds is 4. The van der Waals surface area contributed by atoms with Gasteiger partial charge < -0.3 is 10.6 Å². The van der Waals surface area contributed by atoms with E-state index in [-0.39, 0.29) is 17.3 Å². The Labute approximate surface area is 101 Å². The van der Waals surface area contributed by atoms with Crippen LogP contribution in [0.1, 0.15) is 30.6 Å². The topological polar surface area (TPSA) is 59.2 Å². The van der Waals surface area contributed by atoms with Crippen LogP contribution in [-0.2, 0) is 0 Å². The lowest BCUT2D eigenvalue weighted by molar-refractivity contribution is 0.0789. The number of hydrogen-bond donors (Lipinski definition) is 1. The van der Waals surface area contributed by atoms with Gasteiger partial charge in [0, 0.05) is 13.6 Å². The van der Waals surface area contributed by atoms with Crippen LogP contribution < -0.4 is 5.73 Å². The minimum atomic E-state index is -0.556. The zero-order valence-electron chi connectivity index (χ0n) is 10.4. The molecule has 0 radical (unpaired) electrons. The molecule has 94 valence electrons. The summed E-state index contributed by atoms with van der Waals surface area (Å²) in [5.41, 5.74) is 5.68. The Morgan fingerprint density at radius 1 is 1.59 bits per heavy atom. The lowest BCUT2D eigenvalue weighted by Crippen LogP contribution is -2.29. The summed E-state index contributed by atoms with van der Waals surface area (Å²) >= 11 is 0. The van der Waals surface area contributed by atoms with Gasteiger partial charge in [-0.25, -0.2) is 9.37 Å². The lowest BCUT2D eigenvalue weighted by Gasteiger charge is -2.18. The van der Waals surface area contributed by atoms with E-state index in [9.17, 15) is 9.18 Å². The van der Waals surface area contributed by atoms with Gasteiger partial charge in [0.05, 0.1) is 11.8 Å². The minimum absolute atomic E-state index is 0.0628. The predicted molar refractivity (Wildman–Crippen MR) is 65.0 cm³/mol. The Hall–Kier alpha value is -1.65. The van der Waals surface area contributed by atoms with E-state index in [2.05, 4.69) is 18.8 Å². The molecule has 0 fully saturated rings. The van der Waals surface area contributed by atoms with Crippen molar-refractivity contribution in [3.8, 4) is 0 Å². The van der Waals surface area contributed by atoms with Crippen LogP contribution in [0.3, 0.4) is 0 Å². The van der Waals surface area contributed by atoms with Gasteiger partial charge in [-0.1, -0.05) is 13.8 Å². The van der Waals surface area contributed by atoms with E-state index in [0.29, 0.717) is 12.5 Å². The molecule has 0 unspecified atom stereocenters. The summed E-state index contributed by atoms with van der Waals surface area (Å²) in [5.74, 6) is -0.281. The molecule has 2 N–H and O–H groups in total. The van der Waals surface area contributed by atoms with Crippen molar-refractivity contribution in [3.05, 3.63) is 23.6 Å². The highest BCUT2D eigenvalue weighted by molar-refractivity contribution is 5.98. The molecule has 1 aromatic rings. The highest BCUT2D eigenvalue weighted by Crippen LogP contribution is 2.13. The van der Waals surface area contributed by atoms with E-state index in [4.69, 9.17) is 5.73 Å². The van der Waals surface area contributed by atoms with Gasteiger partial charge in [-0.3, -0.25) is 4.79 Å². The SMILES string of the molecule is CC(C)CCN(C)C(=O)c1cc(F)cnc1N. The number of amides is 1. The van der Waals surface area contributed by atoms with Crippen molar-refractivity contribution in [1.82, 2.24) is 9.88 Å². The molecule has 0 saturated carbocycles. The second kappa shape index (κ2) is 5.61. The molecule has 1 heterocycles. The average molecular weight is 239 g/mol. The zero-order valence-corrected chi connectivity index (χ0v) is 10.4. The molecule has 0 saturated heterocycles. The Morgan fingerprint density at radius 3 is 2.82 bits per heavy atom. The molecule has 1 amide bonds. The van der Waals surface area contributed by atoms with Gasteiger partial charge in [0.15, 0.2) is 0 Å². The lowest BCUT2D eigenvalue weighted by atomic mass is 10.1. The van der Waals surface area contributed by atoms with Crippen molar-refractivity contribution in [2.75, 3.05) is 19.3 Å². The third kappa shape index (κ3) is 3.69. The third-order valence-electron chi connectivity index (χ3n) is 2.50. The van der Waals surface area contributed by atoms with Crippen LogP contribution in [0.15, 0.2) is 12.3 Å². The summed E-state index contributed by atoms with van der Waals surface area (Å²) in [5, 5.41) is 0. The summed E-state index contributed by atoms with van der Waals surface area (Å²) in [6, 6.07) is 1.12. The monoisotopic (exact) mass is 239 g/mol. The fourth-order valence-corrected chi connectivity index (χ4v) is 1.38. The smallest absolute Gasteiger partial charge is 0.257 e. The maximum atomic E-state index is 13.0. The number of carbonyl (C=O) groups is 1. The highest BCUT2D eigenvalue weighted by atomic mass is 19.1. The summed E-state index contributed by atoms with van der Waals surface area (Å²) in [4.78, 5) is 17.1. The molecule has 0 spiro atoms. The molecular formula is C12H18FN3O. The first-order valence-corrected chi connectivity index (χ1v) is 5.58. The summed E-state index contributed by atoms with van der Waals surface area (Å²) in [6.45, 7) is 4.78. The van der Waals surface area contributed by atoms with E-state index >= 15 is 0 Å². The van der Waals surface area contributed by atoms with Crippen LogP contribution in [0, 0.1) is 11.7 Å². The number of halogens is 1. The van der Waals surface area contributed by atoms with Crippen LogP contribution in [0.25, 0.3) is 0 Å². The summed E-state index contributed by atoms with van der Waals surface area (Å²) in [7, 11) is 1.68. The number of anilines is 1. The molecule has 0 aliphatic rings. The first-order valence-electron chi connectivity index (χ1n) is 5.58. The molecule has 0 aliphatic heterocycles. The number of hydrogen-bond acceptors (Lipinski definition) is 3. The molecule has 5 heteroatoms. The van der Waals surface area contributed by atoms with Crippen molar-refractivity contribution in [2.45, 2.75) is 20.3 Å². The number of nitrogens with zero attached hydrogens (tertiary/aromatic N) is 2.